The van der Waals surface area contributed by atoms with E-state index in [0.717, 1.165) is 4.88 Å². The Kier molecular flexibility index (Phi) is 2.38. The van der Waals surface area contributed by atoms with Crippen LogP contribution in [0.2, 0.25) is 0 Å². The van der Waals surface area contributed by atoms with Crippen LogP contribution in [0.15, 0.2) is 57.1 Å². The molecular weight excluding hydrogens is 236 g/mol. The van der Waals surface area contributed by atoms with Gasteiger partial charge in [-0.05, 0) is 23.6 Å². The zero-order valence-corrected chi connectivity index (χ0v) is 9.55. The number of para-hydroxylation sites is 1. The Hall–Kier alpha value is -2.14. The van der Waals surface area contributed by atoms with Gasteiger partial charge in [-0.25, -0.2) is 4.79 Å². The summed E-state index contributed by atoms with van der Waals surface area (Å²) < 4.78 is 6.38. The predicted molar refractivity (Wildman–Crippen MR) is 65.4 cm³/mol. The van der Waals surface area contributed by atoms with Crippen LogP contribution in [0.5, 0.6) is 0 Å². The van der Waals surface area contributed by atoms with Crippen molar-refractivity contribution in [2.24, 2.45) is 0 Å². The van der Waals surface area contributed by atoms with Crippen LogP contribution in [0.1, 0.15) is 0 Å². The first-order valence-electron chi connectivity index (χ1n) is 5.04. The molecule has 0 N–H and O–H groups in total. The summed E-state index contributed by atoms with van der Waals surface area (Å²) in [5.74, 6) is -0.117. The second-order valence-corrected chi connectivity index (χ2v) is 4.35. The maximum atomic E-state index is 11.7. The summed E-state index contributed by atoms with van der Waals surface area (Å²) in [6.07, 6.45) is 0. The summed E-state index contributed by atoms with van der Waals surface area (Å²) >= 11 is 1.48. The molecule has 4 nitrogen and oxygen atoms in total. The van der Waals surface area contributed by atoms with E-state index in [1.54, 1.807) is 0 Å². The molecule has 84 valence electrons. The monoisotopic (exact) mass is 244 g/mol. The van der Waals surface area contributed by atoms with Gasteiger partial charge in [-0.1, -0.05) is 24.3 Å². The van der Waals surface area contributed by atoms with E-state index < -0.39 is 5.76 Å². The topological polar surface area (TPSA) is 48.0 Å². The van der Waals surface area contributed by atoms with Crippen molar-refractivity contribution in [2.75, 3.05) is 0 Å². The Balaban J connectivity index is 2.12. The van der Waals surface area contributed by atoms with Gasteiger partial charge in [-0.3, -0.25) is 0 Å². The van der Waals surface area contributed by atoms with Crippen LogP contribution in [-0.2, 0) is 0 Å². The third kappa shape index (κ3) is 1.81. The highest BCUT2D eigenvalue weighted by Crippen LogP contribution is 2.21. The molecule has 0 saturated heterocycles. The normalized spacial score (nSPS) is 10.6. The van der Waals surface area contributed by atoms with Gasteiger partial charge >= 0.3 is 5.76 Å². The summed E-state index contributed by atoms with van der Waals surface area (Å²) in [5, 5.41) is 6.08. The molecule has 0 aliphatic heterocycles. The van der Waals surface area contributed by atoms with Gasteiger partial charge in [-0.2, -0.15) is 4.68 Å². The third-order valence-corrected chi connectivity index (χ3v) is 3.14. The highest BCUT2D eigenvalue weighted by molar-refractivity contribution is 7.13. The first kappa shape index (κ1) is 10.0. The molecule has 0 aliphatic rings. The van der Waals surface area contributed by atoms with Gasteiger partial charge in [0.05, 0.1) is 10.6 Å². The summed E-state index contributed by atoms with van der Waals surface area (Å²) in [6.45, 7) is 0. The number of thiophene rings is 1. The second kappa shape index (κ2) is 4.03. The van der Waals surface area contributed by atoms with Crippen molar-refractivity contribution in [3.63, 3.8) is 0 Å². The molecule has 5 heteroatoms. The molecule has 0 atom stereocenters. The van der Waals surface area contributed by atoms with E-state index in [-0.39, 0.29) is 0 Å². The smallest absolute Gasteiger partial charge is 0.386 e. The molecule has 0 fully saturated rings. The Labute approximate surface area is 101 Å². The first-order valence-corrected chi connectivity index (χ1v) is 5.92. The summed E-state index contributed by atoms with van der Waals surface area (Å²) in [7, 11) is 0. The average molecular weight is 244 g/mol. The number of nitrogens with zero attached hydrogens (tertiary/aromatic N) is 2. The summed E-state index contributed by atoms with van der Waals surface area (Å²) in [6, 6.07) is 13.0. The van der Waals surface area contributed by atoms with Gasteiger partial charge in [0.25, 0.3) is 5.89 Å². The lowest BCUT2D eigenvalue weighted by Gasteiger charge is -1.95. The molecule has 0 unspecified atom stereocenters. The van der Waals surface area contributed by atoms with Gasteiger partial charge in [0.15, 0.2) is 0 Å². The number of benzene rings is 1. The minimum atomic E-state index is -0.473. The lowest BCUT2D eigenvalue weighted by atomic mass is 10.3. The molecule has 2 aromatic heterocycles. The number of hydrogen-bond acceptors (Lipinski definition) is 4. The first-order chi connectivity index (χ1) is 8.34. The lowest BCUT2D eigenvalue weighted by molar-refractivity contribution is 0.517. The SMILES string of the molecule is O=c1oc(-c2cccs2)nn1-c1ccccc1. The molecule has 2 heterocycles. The van der Waals surface area contributed by atoms with E-state index >= 15 is 0 Å². The van der Waals surface area contributed by atoms with Crippen molar-refractivity contribution < 1.29 is 4.42 Å². The third-order valence-electron chi connectivity index (χ3n) is 2.28. The van der Waals surface area contributed by atoms with E-state index in [4.69, 9.17) is 4.42 Å². The summed E-state index contributed by atoms with van der Waals surface area (Å²) in [5.41, 5.74) is 0.698. The minimum Gasteiger partial charge on any atom is -0.386 e. The van der Waals surface area contributed by atoms with Gasteiger partial charge in [0.2, 0.25) is 0 Å². The molecule has 0 bridgehead atoms. The van der Waals surface area contributed by atoms with E-state index in [1.165, 1.54) is 16.0 Å². The highest BCUT2D eigenvalue weighted by atomic mass is 32.1. The molecule has 1 aromatic carbocycles. The fraction of sp³-hybridized carbons (Fsp3) is 0. The molecule has 0 radical (unpaired) electrons. The predicted octanol–water partition coefficient (Wildman–Crippen LogP) is 2.55. The van der Waals surface area contributed by atoms with E-state index in [9.17, 15) is 4.79 Å². The number of aromatic nitrogens is 2. The van der Waals surface area contributed by atoms with E-state index in [0.29, 0.717) is 11.6 Å². The summed E-state index contributed by atoms with van der Waals surface area (Å²) in [4.78, 5) is 12.5. The Morgan fingerprint density at radius 1 is 1.12 bits per heavy atom. The quantitative estimate of drug-likeness (QED) is 0.696. The van der Waals surface area contributed by atoms with Gasteiger partial charge < -0.3 is 4.42 Å². The number of hydrogen-bond donors (Lipinski definition) is 0. The standard InChI is InChI=1S/C12H8N2O2S/c15-12-14(9-5-2-1-3-6-9)13-11(16-12)10-7-4-8-17-10/h1-8H. The van der Waals surface area contributed by atoms with Crippen molar-refractivity contribution in [2.45, 2.75) is 0 Å². The van der Waals surface area contributed by atoms with Crippen LogP contribution in [0, 0.1) is 0 Å². The van der Waals surface area contributed by atoms with Crippen LogP contribution in [0.3, 0.4) is 0 Å². The van der Waals surface area contributed by atoms with Crippen molar-refractivity contribution in [3.8, 4) is 16.5 Å². The molecular formula is C12H8N2O2S. The highest BCUT2D eigenvalue weighted by Gasteiger charge is 2.11. The van der Waals surface area contributed by atoms with Crippen LogP contribution in [-0.4, -0.2) is 9.78 Å². The Morgan fingerprint density at radius 3 is 2.65 bits per heavy atom. The largest absolute Gasteiger partial charge is 0.442 e. The average Bonchev–Trinajstić information content (AvgIpc) is 2.99. The van der Waals surface area contributed by atoms with Crippen molar-refractivity contribution >= 4 is 11.3 Å². The second-order valence-electron chi connectivity index (χ2n) is 3.40. The maximum absolute atomic E-state index is 11.7. The fourth-order valence-electron chi connectivity index (χ4n) is 1.51. The van der Waals surface area contributed by atoms with Crippen LogP contribution < -0.4 is 5.76 Å². The van der Waals surface area contributed by atoms with Gasteiger partial charge in [-0.15, -0.1) is 16.4 Å². The van der Waals surface area contributed by atoms with Gasteiger partial charge in [0, 0.05) is 0 Å². The van der Waals surface area contributed by atoms with Crippen LogP contribution in [0.25, 0.3) is 16.5 Å². The van der Waals surface area contributed by atoms with E-state index in [1.807, 2.05) is 47.8 Å². The minimum absolute atomic E-state index is 0.355. The zero-order chi connectivity index (χ0) is 11.7. The molecule has 0 spiro atoms. The number of rotatable bonds is 2. The molecule has 3 aromatic rings. The molecule has 17 heavy (non-hydrogen) atoms. The molecule has 0 aliphatic carbocycles. The lowest BCUT2D eigenvalue weighted by Crippen LogP contribution is -2.12. The fourth-order valence-corrected chi connectivity index (χ4v) is 2.15. The Bertz CT molecular complexity index is 668. The molecule has 0 amide bonds. The van der Waals surface area contributed by atoms with E-state index in [2.05, 4.69) is 5.10 Å². The van der Waals surface area contributed by atoms with Crippen LogP contribution in [0.4, 0.5) is 0 Å². The van der Waals surface area contributed by atoms with Crippen molar-refractivity contribution in [1.29, 1.82) is 0 Å². The van der Waals surface area contributed by atoms with Crippen molar-refractivity contribution in [1.82, 2.24) is 9.78 Å². The maximum Gasteiger partial charge on any atom is 0.442 e. The van der Waals surface area contributed by atoms with Gasteiger partial charge in [0.1, 0.15) is 0 Å². The molecule has 3 rings (SSSR count). The van der Waals surface area contributed by atoms with Crippen LogP contribution >= 0.6 is 11.3 Å². The Morgan fingerprint density at radius 2 is 1.94 bits per heavy atom. The van der Waals surface area contributed by atoms with Crippen molar-refractivity contribution in [3.05, 3.63) is 58.4 Å². The molecule has 0 saturated carbocycles. The zero-order valence-electron chi connectivity index (χ0n) is 8.74.